The van der Waals surface area contributed by atoms with Gasteiger partial charge in [0, 0.05) is 32.5 Å². The highest BCUT2D eigenvalue weighted by atomic mass is 127. The van der Waals surface area contributed by atoms with Gasteiger partial charge in [0.25, 0.3) is 5.01 Å². The predicted molar refractivity (Wildman–Crippen MR) is 137 cm³/mol. The molecule has 0 N–H and O–H groups in total. The van der Waals surface area contributed by atoms with E-state index in [1.807, 2.05) is 29.2 Å². The number of hydrogen-bond donors (Lipinski definition) is 0. The first-order chi connectivity index (χ1) is 14.1. The highest BCUT2D eigenvalue weighted by Gasteiger charge is 2.28. The molecule has 1 aliphatic rings. The first kappa shape index (κ1) is 21.5. The number of hydrogen-bond acceptors (Lipinski definition) is 3. The molecule has 0 saturated carbocycles. The second-order valence-corrected chi connectivity index (χ2v) is 11.1. The number of thiazole rings is 1. The van der Waals surface area contributed by atoms with Crippen molar-refractivity contribution in [1.82, 2.24) is 0 Å². The zero-order valence-corrected chi connectivity index (χ0v) is 21.3. The van der Waals surface area contributed by atoms with Gasteiger partial charge in [-0.05, 0) is 59.3 Å². The van der Waals surface area contributed by atoms with Crippen LogP contribution in [0.1, 0.15) is 44.5 Å². The Bertz CT molecular complexity index is 1060. The Hall–Kier alpha value is -0.760. The van der Waals surface area contributed by atoms with E-state index in [0.717, 1.165) is 18.1 Å². The van der Waals surface area contributed by atoms with Crippen LogP contribution in [0.4, 0.5) is 5.69 Å². The average Bonchev–Trinajstić information content (AvgIpc) is 3.21. The number of benzene rings is 2. The summed E-state index contributed by atoms with van der Waals surface area (Å²) in [5, 5.41) is 3.45. The topological polar surface area (TPSA) is 7.12 Å². The number of thioether (sulfide) groups is 1. The molecule has 0 saturated heterocycles. The maximum Gasteiger partial charge on any atom is 0.265 e. The number of anilines is 1. The molecule has 0 radical (unpaired) electrons. The molecule has 2 heterocycles. The van der Waals surface area contributed by atoms with E-state index in [9.17, 15) is 0 Å². The molecule has 2 nitrogen and oxygen atoms in total. The fourth-order valence-electron chi connectivity index (χ4n) is 3.56. The molecule has 4 rings (SSSR count). The molecule has 29 heavy (non-hydrogen) atoms. The Morgan fingerprint density at radius 2 is 1.93 bits per heavy atom. The summed E-state index contributed by atoms with van der Waals surface area (Å²) in [4.78, 5) is 3.75. The molecule has 1 aliphatic heterocycles. The molecule has 152 valence electrons. The lowest BCUT2D eigenvalue weighted by atomic mass is 10.2. The van der Waals surface area contributed by atoms with Crippen molar-refractivity contribution in [3.63, 3.8) is 0 Å². The molecule has 0 spiro atoms. The Kier molecular flexibility index (Phi) is 7.10. The van der Waals surface area contributed by atoms with Crippen molar-refractivity contribution in [2.24, 2.45) is 0 Å². The molecular formula is C23H25ClIN2S2+. The molecular weight excluding hydrogens is 531 g/mol. The Labute approximate surface area is 200 Å². The fraction of sp³-hybridized carbons (Fsp3) is 0.348. The summed E-state index contributed by atoms with van der Waals surface area (Å²) in [7, 11) is 0. The number of unbranched alkanes of at least 4 members (excludes halogenated alkanes) is 2. The van der Waals surface area contributed by atoms with E-state index in [-0.39, 0.29) is 0 Å². The van der Waals surface area contributed by atoms with Crippen LogP contribution in [-0.4, -0.2) is 6.54 Å². The van der Waals surface area contributed by atoms with Gasteiger partial charge in [-0.2, -0.15) is 4.57 Å². The van der Waals surface area contributed by atoms with Crippen LogP contribution in [0.2, 0.25) is 5.02 Å². The number of nitrogens with zero attached hydrogens (tertiary/aromatic N) is 2. The quantitative estimate of drug-likeness (QED) is 0.216. The van der Waals surface area contributed by atoms with Crippen molar-refractivity contribution in [2.75, 3.05) is 11.4 Å². The summed E-state index contributed by atoms with van der Waals surface area (Å²) in [6.07, 6.45) is 7.14. The third-order valence-electron chi connectivity index (χ3n) is 5.10. The van der Waals surface area contributed by atoms with Crippen LogP contribution in [-0.2, 0) is 6.54 Å². The molecule has 1 aromatic heterocycles. The smallest absolute Gasteiger partial charge is 0.265 e. The Balaban J connectivity index is 1.78. The molecule has 0 aliphatic carbocycles. The van der Waals surface area contributed by atoms with Crippen molar-refractivity contribution in [3.8, 4) is 0 Å². The largest absolute Gasteiger partial charge is 0.335 e. The predicted octanol–water partition coefficient (Wildman–Crippen LogP) is 7.96. The van der Waals surface area contributed by atoms with Gasteiger partial charge in [0.05, 0.1) is 16.8 Å². The van der Waals surface area contributed by atoms with Crippen LogP contribution >= 0.6 is 57.3 Å². The Morgan fingerprint density at radius 3 is 2.72 bits per heavy atom. The highest BCUT2D eigenvalue weighted by molar-refractivity contribution is 14.1. The third kappa shape index (κ3) is 4.63. The van der Waals surface area contributed by atoms with Crippen LogP contribution in [0.15, 0.2) is 46.3 Å². The second-order valence-electron chi connectivity index (χ2n) is 7.26. The van der Waals surface area contributed by atoms with E-state index in [4.69, 9.17) is 11.6 Å². The Morgan fingerprint density at radius 1 is 1.10 bits per heavy atom. The first-order valence-electron chi connectivity index (χ1n) is 10.2. The van der Waals surface area contributed by atoms with Gasteiger partial charge in [-0.25, -0.2) is 0 Å². The van der Waals surface area contributed by atoms with E-state index in [2.05, 4.69) is 82.3 Å². The number of aromatic nitrogens is 1. The normalized spacial score (nSPS) is 14.9. The van der Waals surface area contributed by atoms with Gasteiger partial charge in [-0.15, -0.1) is 0 Å². The summed E-state index contributed by atoms with van der Waals surface area (Å²) in [5.41, 5.74) is 2.60. The van der Waals surface area contributed by atoms with E-state index in [1.165, 1.54) is 60.1 Å². The SMILES string of the molecule is CCCCN1C(=Cc2sc3ccc(I)cc3[n+]2CCCC)Sc2ccc(Cl)cc21. The van der Waals surface area contributed by atoms with Crippen molar-refractivity contribution in [3.05, 3.63) is 55.0 Å². The molecule has 0 atom stereocenters. The molecule has 2 aromatic carbocycles. The van der Waals surface area contributed by atoms with Gasteiger partial charge < -0.3 is 4.90 Å². The monoisotopic (exact) mass is 555 g/mol. The third-order valence-corrected chi connectivity index (χ3v) is 8.23. The summed E-state index contributed by atoms with van der Waals surface area (Å²) in [5.74, 6) is 0. The number of halogens is 2. The fourth-order valence-corrected chi connectivity index (χ4v) is 6.49. The van der Waals surface area contributed by atoms with Crippen molar-refractivity contribution in [2.45, 2.75) is 51.0 Å². The van der Waals surface area contributed by atoms with Crippen LogP contribution in [0, 0.1) is 3.57 Å². The number of fused-ring (bicyclic) bond motifs is 2. The van der Waals surface area contributed by atoms with E-state index in [0.29, 0.717) is 0 Å². The van der Waals surface area contributed by atoms with Gasteiger partial charge in [0.2, 0.25) is 5.52 Å². The van der Waals surface area contributed by atoms with Crippen LogP contribution in [0.5, 0.6) is 0 Å². The van der Waals surface area contributed by atoms with E-state index < -0.39 is 0 Å². The molecule has 6 heteroatoms. The zero-order chi connectivity index (χ0) is 20.4. The molecule has 0 bridgehead atoms. The first-order valence-corrected chi connectivity index (χ1v) is 13.3. The number of rotatable bonds is 7. The van der Waals surface area contributed by atoms with Gasteiger partial charge in [0.15, 0.2) is 6.54 Å². The van der Waals surface area contributed by atoms with Gasteiger partial charge in [0.1, 0.15) is 4.70 Å². The second kappa shape index (κ2) is 9.58. The maximum absolute atomic E-state index is 6.32. The minimum absolute atomic E-state index is 0.807. The maximum atomic E-state index is 6.32. The summed E-state index contributed by atoms with van der Waals surface area (Å²) in [6, 6.07) is 13.0. The van der Waals surface area contributed by atoms with Crippen molar-refractivity contribution in [1.29, 1.82) is 0 Å². The van der Waals surface area contributed by atoms with Gasteiger partial charge in [-0.3, -0.25) is 0 Å². The molecule has 0 amide bonds. The zero-order valence-electron chi connectivity index (χ0n) is 16.8. The van der Waals surface area contributed by atoms with E-state index >= 15 is 0 Å². The van der Waals surface area contributed by atoms with Gasteiger partial charge in [-0.1, -0.05) is 61.4 Å². The summed E-state index contributed by atoms with van der Waals surface area (Å²) in [6.45, 7) is 6.60. The van der Waals surface area contributed by atoms with Crippen molar-refractivity contribution >= 4 is 79.3 Å². The molecule has 0 fully saturated rings. The summed E-state index contributed by atoms with van der Waals surface area (Å²) < 4.78 is 5.16. The molecule has 0 unspecified atom stereocenters. The minimum Gasteiger partial charge on any atom is -0.335 e. The lowest BCUT2D eigenvalue weighted by Crippen LogP contribution is -2.35. The van der Waals surface area contributed by atoms with Crippen LogP contribution < -0.4 is 9.47 Å². The lowest BCUT2D eigenvalue weighted by molar-refractivity contribution is -0.669. The lowest BCUT2D eigenvalue weighted by Gasteiger charge is -2.19. The number of aryl methyl sites for hydroxylation is 1. The minimum atomic E-state index is 0.807. The highest BCUT2D eigenvalue weighted by Crippen LogP contribution is 2.47. The average molecular weight is 556 g/mol. The van der Waals surface area contributed by atoms with Crippen LogP contribution in [0.3, 0.4) is 0 Å². The summed E-state index contributed by atoms with van der Waals surface area (Å²) >= 11 is 12.5. The van der Waals surface area contributed by atoms with E-state index in [1.54, 1.807) is 0 Å². The van der Waals surface area contributed by atoms with Crippen LogP contribution in [0.25, 0.3) is 16.3 Å². The standard InChI is InChI=1S/C23H25ClIN2S2/c1-3-5-11-26-18-13-16(24)7-9-20(18)28-22(26)15-23-27(12-6-4-2)19-14-17(25)8-10-21(19)29-23/h7-10,13-15H,3-6,11-12H2,1-2H3/q+1. The van der Waals surface area contributed by atoms with Gasteiger partial charge >= 0.3 is 0 Å². The van der Waals surface area contributed by atoms with Crippen molar-refractivity contribution < 1.29 is 4.57 Å². The molecule has 3 aromatic rings.